The van der Waals surface area contributed by atoms with Crippen LogP contribution in [0.15, 0.2) is 11.4 Å². The number of aryl methyl sites for hydroxylation is 1. The number of nitrogens with zero attached hydrogens (tertiary/aromatic N) is 2. The zero-order chi connectivity index (χ0) is 26.8. The van der Waals surface area contributed by atoms with Crippen molar-refractivity contribution in [3.8, 4) is 0 Å². The number of rotatable bonds is 9. The van der Waals surface area contributed by atoms with E-state index in [1.165, 1.54) is 28.4 Å². The quantitative estimate of drug-likeness (QED) is 0.299. The molecule has 2 fully saturated rings. The molecule has 2 saturated heterocycles. The van der Waals surface area contributed by atoms with E-state index >= 15 is 0 Å². The summed E-state index contributed by atoms with van der Waals surface area (Å²) in [4.78, 5) is 69.5. The van der Waals surface area contributed by atoms with Crippen molar-refractivity contribution in [1.82, 2.24) is 20.7 Å². The third kappa shape index (κ3) is 7.42. The number of likely N-dealkylation sites (N-methyl/N-ethyl adjacent to an activating group) is 2. The highest BCUT2D eigenvalue weighted by molar-refractivity contribution is 7.12. The molecule has 3 N–H and O–H groups in total. The van der Waals surface area contributed by atoms with Gasteiger partial charge in [0.25, 0.3) is 5.91 Å². The fourth-order valence-electron chi connectivity index (χ4n) is 3.90. The Morgan fingerprint density at radius 2 is 2.00 bits per heavy atom. The largest absolute Gasteiger partial charge is 0.481 e. The Bertz CT molecular complexity index is 981. The number of aliphatic carboxylic acids is 1. The molecule has 13 heteroatoms. The van der Waals surface area contributed by atoms with Gasteiger partial charge in [-0.15, -0.1) is 11.3 Å². The summed E-state index contributed by atoms with van der Waals surface area (Å²) >= 11 is 1.24. The van der Waals surface area contributed by atoms with Crippen molar-refractivity contribution in [3.05, 3.63) is 21.9 Å². The molecule has 0 saturated carbocycles. The van der Waals surface area contributed by atoms with Crippen LogP contribution in [0.4, 0.5) is 0 Å². The lowest BCUT2D eigenvalue weighted by Crippen LogP contribution is -2.60. The SMILES string of the molecule is CN[C@@H](CC(=O)O)C(=O)COC(=O)c1sccc1C.CN[C@H]1CCC(=O)N2CCC[C@@H](C=O)N2C1=O. The predicted octanol–water partition coefficient (Wildman–Crippen LogP) is 0.147. The number of carboxylic acids is 1. The monoisotopic (exact) mass is 524 g/mol. The summed E-state index contributed by atoms with van der Waals surface area (Å²) in [6.07, 6.45) is 2.66. The zero-order valence-corrected chi connectivity index (χ0v) is 21.3. The molecule has 0 aromatic carbocycles. The van der Waals surface area contributed by atoms with Crippen molar-refractivity contribution < 1.29 is 38.6 Å². The number of hydrogen-bond acceptors (Lipinski definition) is 10. The normalized spacial score (nSPS) is 20.4. The van der Waals surface area contributed by atoms with Crippen LogP contribution in [-0.4, -0.2) is 96.3 Å². The molecule has 3 rings (SSSR count). The van der Waals surface area contributed by atoms with Crippen molar-refractivity contribution in [2.75, 3.05) is 27.2 Å². The maximum absolute atomic E-state index is 12.2. The van der Waals surface area contributed by atoms with Crippen molar-refractivity contribution >= 4 is 47.2 Å². The van der Waals surface area contributed by atoms with E-state index in [0.717, 1.165) is 18.3 Å². The van der Waals surface area contributed by atoms with E-state index in [0.29, 0.717) is 30.7 Å². The maximum atomic E-state index is 12.2. The number of thiophene rings is 1. The summed E-state index contributed by atoms with van der Waals surface area (Å²) in [5, 5.41) is 18.7. The van der Waals surface area contributed by atoms with E-state index in [4.69, 9.17) is 9.84 Å². The molecule has 0 bridgehead atoms. The van der Waals surface area contributed by atoms with Crippen molar-refractivity contribution in [2.45, 2.75) is 57.2 Å². The molecule has 198 valence electrons. The molecule has 0 spiro atoms. The Labute approximate surface area is 212 Å². The van der Waals surface area contributed by atoms with Gasteiger partial charge in [0.15, 0.2) is 12.4 Å². The van der Waals surface area contributed by atoms with Gasteiger partial charge in [0.1, 0.15) is 17.2 Å². The van der Waals surface area contributed by atoms with Gasteiger partial charge in [-0.05, 0) is 57.3 Å². The molecule has 0 unspecified atom stereocenters. The number of Topliss-reactive ketones (excluding diaryl/α,β-unsaturated/α-hetero) is 1. The summed E-state index contributed by atoms with van der Waals surface area (Å²) < 4.78 is 4.88. The van der Waals surface area contributed by atoms with Crippen molar-refractivity contribution in [1.29, 1.82) is 0 Å². The first-order valence-corrected chi connectivity index (χ1v) is 12.4. The fourth-order valence-corrected chi connectivity index (χ4v) is 4.71. The van der Waals surface area contributed by atoms with Crippen LogP contribution in [0.3, 0.4) is 0 Å². The van der Waals surface area contributed by atoms with Crippen molar-refractivity contribution in [3.63, 3.8) is 0 Å². The van der Waals surface area contributed by atoms with Gasteiger partial charge in [0, 0.05) is 13.0 Å². The molecule has 1 aromatic rings. The van der Waals surface area contributed by atoms with Gasteiger partial charge < -0.3 is 25.3 Å². The molecule has 2 aliphatic rings. The van der Waals surface area contributed by atoms with Gasteiger partial charge in [-0.2, -0.15) is 0 Å². The minimum atomic E-state index is -1.09. The lowest BCUT2D eigenvalue weighted by molar-refractivity contribution is -0.173. The van der Waals surface area contributed by atoms with Gasteiger partial charge in [-0.25, -0.2) is 9.80 Å². The van der Waals surface area contributed by atoms with Crippen LogP contribution in [0.1, 0.15) is 47.3 Å². The number of hydrogen-bond donors (Lipinski definition) is 3. The Morgan fingerprint density at radius 1 is 1.28 bits per heavy atom. The van der Waals surface area contributed by atoms with Crippen LogP contribution in [0.2, 0.25) is 0 Å². The minimum Gasteiger partial charge on any atom is -0.481 e. The number of carbonyl (C=O) groups excluding carboxylic acids is 5. The highest BCUT2D eigenvalue weighted by Gasteiger charge is 2.40. The summed E-state index contributed by atoms with van der Waals surface area (Å²) in [6.45, 7) is 1.87. The van der Waals surface area contributed by atoms with Crippen LogP contribution < -0.4 is 10.6 Å². The van der Waals surface area contributed by atoms with Crippen LogP contribution in [0.5, 0.6) is 0 Å². The van der Waals surface area contributed by atoms with Gasteiger partial charge >= 0.3 is 11.9 Å². The number of carbonyl (C=O) groups is 6. The molecule has 12 nitrogen and oxygen atoms in total. The number of aldehydes is 1. The van der Waals surface area contributed by atoms with E-state index in [2.05, 4.69) is 10.6 Å². The van der Waals surface area contributed by atoms with Gasteiger partial charge in [0.05, 0.1) is 18.5 Å². The first-order valence-electron chi connectivity index (χ1n) is 11.5. The average Bonchev–Trinajstić information content (AvgIpc) is 3.26. The Balaban J connectivity index is 0.000000255. The molecule has 36 heavy (non-hydrogen) atoms. The van der Waals surface area contributed by atoms with Gasteiger partial charge in [-0.3, -0.25) is 24.2 Å². The lowest BCUT2D eigenvalue weighted by atomic mass is 10.1. The number of hydrazine groups is 1. The third-order valence-corrected chi connectivity index (χ3v) is 6.91. The van der Waals surface area contributed by atoms with E-state index in [1.54, 1.807) is 25.4 Å². The number of fused-ring (bicyclic) bond motifs is 1. The molecular weight excluding hydrogens is 492 g/mol. The van der Waals surface area contributed by atoms with Crippen LogP contribution >= 0.6 is 11.3 Å². The molecule has 0 aliphatic carbocycles. The highest BCUT2D eigenvalue weighted by Crippen LogP contribution is 2.23. The molecule has 0 radical (unpaired) electrons. The third-order valence-electron chi connectivity index (χ3n) is 5.92. The average molecular weight is 525 g/mol. The molecule has 3 heterocycles. The molecule has 2 amide bonds. The van der Waals surface area contributed by atoms with E-state index in [1.807, 2.05) is 0 Å². The second-order valence-electron chi connectivity index (χ2n) is 8.34. The molecule has 3 atom stereocenters. The second-order valence-corrected chi connectivity index (χ2v) is 9.26. The minimum absolute atomic E-state index is 0.0670. The predicted molar refractivity (Wildman–Crippen MR) is 129 cm³/mol. The number of ether oxygens (including phenoxy) is 1. The maximum Gasteiger partial charge on any atom is 0.349 e. The van der Waals surface area contributed by atoms with E-state index < -0.39 is 36.4 Å². The van der Waals surface area contributed by atoms with Gasteiger partial charge in [0.2, 0.25) is 5.91 Å². The summed E-state index contributed by atoms with van der Waals surface area (Å²) in [5.74, 6) is -2.36. The number of carboxylic acid groups (broad SMARTS) is 1. The highest BCUT2D eigenvalue weighted by atomic mass is 32.1. The summed E-state index contributed by atoms with van der Waals surface area (Å²) in [6, 6.07) is 0.0672. The zero-order valence-electron chi connectivity index (χ0n) is 20.5. The molecular formula is C23H32N4O8S. The van der Waals surface area contributed by atoms with Crippen molar-refractivity contribution in [2.24, 2.45) is 0 Å². The molecule has 1 aromatic heterocycles. The summed E-state index contributed by atoms with van der Waals surface area (Å²) in [5.41, 5.74) is 0.790. The number of nitrogens with one attached hydrogen (secondary N) is 2. The standard InChI is InChI=1S/C12H15NO5S.C11H17N3O3/c1-7-3-4-19-11(7)12(17)18-6-9(14)8(13-2)5-10(15)16;1-12-9-4-5-10(16)13-6-2-3-8(7-15)14(13)11(9)17/h3-4,8,13H,5-6H2,1-2H3,(H,15,16);7-9,12H,2-6H2,1H3/t8-;8-,9-/m00/s1. The lowest BCUT2D eigenvalue weighted by Gasteiger charge is -2.41. The number of amides is 2. The number of ketones is 1. The smallest absolute Gasteiger partial charge is 0.349 e. The molecule has 2 aliphatic heterocycles. The van der Waals surface area contributed by atoms with E-state index in [-0.39, 0.29) is 24.3 Å². The van der Waals surface area contributed by atoms with Gasteiger partial charge in [-0.1, -0.05) is 0 Å². The Hall–Kier alpha value is -3.16. The fraction of sp³-hybridized carbons (Fsp3) is 0.565. The number of esters is 1. The summed E-state index contributed by atoms with van der Waals surface area (Å²) in [7, 11) is 3.18. The van der Waals surface area contributed by atoms with Crippen LogP contribution in [0.25, 0.3) is 0 Å². The Morgan fingerprint density at radius 3 is 2.56 bits per heavy atom. The topological polar surface area (TPSA) is 162 Å². The first kappa shape index (κ1) is 29.1. The van der Waals surface area contributed by atoms with Crippen LogP contribution in [0, 0.1) is 6.92 Å². The Kier molecular flexibility index (Phi) is 11.1. The first-order chi connectivity index (χ1) is 17.1. The van der Waals surface area contributed by atoms with Crippen LogP contribution in [-0.2, 0) is 28.7 Å². The van der Waals surface area contributed by atoms with E-state index in [9.17, 15) is 28.8 Å². The second kappa shape index (κ2) is 13.8.